The second kappa shape index (κ2) is 8.33. The zero-order chi connectivity index (χ0) is 19.6. The first kappa shape index (κ1) is 19.7. The molecule has 144 valence electrons. The minimum atomic E-state index is -0.574. The quantitative estimate of drug-likeness (QED) is 0.541. The normalized spacial score (nSPS) is 23.6. The van der Waals surface area contributed by atoms with E-state index in [1.54, 1.807) is 6.07 Å². The Hall–Kier alpha value is -2.02. The number of ether oxygens (including phenoxy) is 4. The summed E-state index contributed by atoms with van der Waals surface area (Å²) in [5.41, 5.74) is 1.49. The van der Waals surface area contributed by atoms with Crippen molar-refractivity contribution >= 4 is 35.1 Å². The lowest BCUT2D eigenvalue weighted by Crippen LogP contribution is -2.37. The fourth-order valence-electron chi connectivity index (χ4n) is 3.37. The second-order valence-corrected chi connectivity index (χ2v) is 7.00. The molecule has 3 rings (SSSR count). The molecule has 0 radical (unpaired) electrons. The minimum Gasteiger partial charge on any atom is -0.471 e. The van der Waals surface area contributed by atoms with E-state index in [0.29, 0.717) is 17.0 Å². The first-order valence-corrected chi connectivity index (χ1v) is 8.99. The molecular weight excluding hydrogens is 395 g/mol. The van der Waals surface area contributed by atoms with Gasteiger partial charge in [0.1, 0.15) is 6.61 Å². The van der Waals surface area contributed by atoms with Crippen LogP contribution in [0.5, 0.6) is 0 Å². The standard InChI is InChI=1S/C19H18Cl2O6/c1-24-17(22)14-9-27-19(25-2)16-10(3-5-12(14)16)8-26-18(23)13-6-4-11(20)7-15(13)21/h3-4,6-7,9,12,16,19H,5,8H2,1-2H3/t12-,16-,19-/m1/s1. The summed E-state index contributed by atoms with van der Waals surface area (Å²) in [7, 11) is 2.84. The van der Waals surface area contributed by atoms with Crippen LogP contribution in [0.25, 0.3) is 0 Å². The number of benzene rings is 1. The molecule has 0 aromatic heterocycles. The van der Waals surface area contributed by atoms with Crippen molar-refractivity contribution in [1.29, 1.82) is 0 Å². The van der Waals surface area contributed by atoms with Crippen LogP contribution in [-0.2, 0) is 23.7 Å². The molecule has 1 aliphatic heterocycles. The lowest BCUT2D eigenvalue weighted by atomic mass is 9.83. The van der Waals surface area contributed by atoms with E-state index in [1.807, 2.05) is 6.08 Å². The molecule has 0 amide bonds. The summed E-state index contributed by atoms with van der Waals surface area (Å²) in [6, 6.07) is 4.56. The van der Waals surface area contributed by atoms with Crippen LogP contribution in [-0.4, -0.2) is 39.1 Å². The lowest BCUT2D eigenvalue weighted by Gasteiger charge is -2.33. The van der Waals surface area contributed by atoms with Crippen LogP contribution >= 0.6 is 23.2 Å². The molecule has 0 spiro atoms. The SMILES string of the molecule is COC(=O)C1=CO[C@@H](OC)[C@@H]2C(COC(=O)c3ccc(Cl)cc3Cl)=CC[C@H]12. The van der Waals surface area contributed by atoms with E-state index in [2.05, 4.69) is 0 Å². The molecule has 1 aromatic carbocycles. The van der Waals surface area contributed by atoms with Gasteiger partial charge < -0.3 is 18.9 Å². The number of carbonyl (C=O) groups is 2. The molecule has 3 atom stereocenters. The fourth-order valence-corrected chi connectivity index (χ4v) is 3.86. The van der Waals surface area contributed by atoms with Crippen LogP contribution in [0.3, 0.4) is 0 Å². The summed E-state index contributed by atoms with van der Waals surface area (Å²) in [5, 5.41) is 0.653. The molecule has 0 saturated carbocycles. The Bertz CT molecular complexity index is 816. The van der Waals surface area contributed by atoms with Gasteiger partial charge in [-0.2, -0.15) is 0 Å². The van der Waals surface area contributed by atoms with Crippen molar-refractivity contribution in [3.8, 4) is 0 Å². The van der Waals surface area contributed by atoms with Crippen molar-refractivity contribution in [3.63, 3.8) is 0 Å². The Morgan fingerprint density at radius 1 is 1.22 bits per heavy atom. The Kier molecular flexibility index (Phi) is 6.09. The zero-order valence-electron chi connectivity index (χ0n) is 14.7. The summed E-state index contributed by atoms with van der Waals surface area (Å²) in [6.45, 7) is 0.0383. The molecule has 27 heavy (non-hydrogen) atoms. The van der Waals surface area contributed by atoms with Crippen molar-refractivity contribution in [2.45, 2.75) is 12.7 Å². The number of hydrogen-bond donors (Lipinski definition) is 0. The van der Waals surface area contributed by atoms with Gasteiger partial charge in [0.15, 0.2) is 0 Å². The molecule has 0 fully saturated rings. The monoisotopic (exact) mass is 412 g/mol. The Balaban J connectivity index is 1.72. The topological polar surface area (TPSA) is 71.1 Å². The van der Waals surface area contributed by atoms with Gasteiger partial charge in [-0.05, 0) is 30.2 Å². The first-order chi connectivity index (χ1) is 13.0. The molecule has 1 heterocycles. The van der Waals surface area contributed by atoms with Crippen molar-refractivity contribution in [2.24, 2.45) is 11.8 Å². The van der Waals surface area contributed by atoms with Crippen molar-refractivity contribution < 1.29 is 28.5 Å². The van der Waals surface area contributed by atoms with Gasteiger partial charge in [-0.1, -0.05) is 29.3 Å². The summed E-state index contributed by atoms with van der Waals surface area (Å²) < 4.78 is 21.1. The third-order valence-electron chi connectivity index (χ3n) is 4.69. The zero-order valence-corrected chi connectivity index (χ0v) is 16.3. The highest BCUT2D eigenvalue weighted by atomic mass is 35.5. The predicted octanol–water partition coefficient (Wildman–Crippen LogP) is 3.77. The highest BCUT2D eigenvalue weighted by molar-refractivity contribution is 6.36. The first-order valence-electron chi connectivity index (χ1n) is 8.24. The van der Waals surface area contributed by atoms with Gasteiger partial charge in [0.2, 0.25) is 6.29 Å². The van der Waals surface area contributed by atoms with Crippen LogP contribution in [0.4, 0.5) is 0 Å². The van der Waals surface area contributed by atoms with E-state index in [0.717, 1.165) is 5.57 Å². The Morgan fingerprint density at radius 2 is 2.00 bits per heavy atom. The van der Waals surface area contributed by atoms with Crippen molar-refractivity contribution in [3.05, 3.63) is 57.3 Å². The average molecular weight is 413 g/mol. The van der Waals surface area contributed by atoms with Crippen LogP contribution in [0, 0.1) is 11.8 Å². The van der Waals surface area contributed by atoms with Gasteiger partial charge >= 0.3 is 11.9 Å². The van der Waals surface area contributed by atoms with Gasteiger partial charge in [-0.3, -0.25) is 0 Å². The smallest absolute Gasteiger partial charge is 0.339 e. The highest BCUT2D eigenvalue weighted by Gasteiger charge is 2.44. The van der Waals surface area contributed by atoms with Crippen LogP contribution in [0.1, 0.15) is 16.8 Å². The van der Waals surface area contributed by atoms with E-state index in [4.69, 9.17) is 42.1 Å². The maximum Gasteiger partial charge on any atom is 0.339 e. The van der Waals surface area contributed by atoms with Crippen molar-refractivity contribution in [2.75, 3.05) is 20.8 Å². The molecule has 1 aliphatic carbocycles. The highest BCUT2D eigenvalue weighted by Crippen LogP contribution is 2.43. The number of carbonyl (C=O) groups excluding carboxylic acids is 2. The van der Waals surface area contributed by atoms with E-state index in [1.165, 1.54) is 32.6 Å². The predicted molar refractivity (Wildman–Crippen MR) is 98.4 cm³/mol. The molecule has 6 nitrogen and oxygen atoms in total. The largest absolute Gasteiger partial charge is 0.471 e. The molecule has 2 aliphatic rings. The second-order valence-electron chi connectivity index (χ2n) is 6.15. The number of halogens is 2. The average Bonchev–Trinajstić information content (AvgIpc) is 3.09. The van der Waals surface area contributed by atoms with Crippen LogP contribution < -0.4 is 0 Å². The molecule has 8 heteroatoms. The third kappa shape index (κ3) is 3.98. The van der Waals surface area contributed by atoms with E-state index in [9.17, 15) is 9.59 Å². The van der Waals surface area contributed by atoms with E-state index >= 15 is 0 Å². The summed E-state index contributed by atoms with van der Waals surface area (Å²) >= 11 is 11.9. The van der Waals surface area contributed by atoms with E-state index in [-0.39, 0.29) is 29.0 Å². The van der Waals surface area contributed by atoms with Gasteiger partial charge in [-0.15, -0.1) is 0 Å². The summed E-state index contributed by atoms with van der Waals surface area (Å²) in [5.74, 6) is -1.40. The van der Waals surface area contributed by atoms with Gasteiger partial charge in [0, 0.05) is 18.1 Å². The fraction of sp³-hybridized carbons (Fsp3) is 0.368. The molecule has 0 N–H and O–H groups in total. The maximum absolute atomic E-state index is 12.3. The Labute approximate surface area is 166 Å². The lowest BCUT2D eigenvalue weighted by molar-refractivity contribution is -0.146. The molecule has 0 saturated heterocycles. The summed E-state index contributed by atoms with van der Waals surface area (Å²) in [4.78, 5) is 24.3. The van der Waals surface area contributed by atoms with Gasteiger partial charge in [-0.25, -0.2) is 9.59 Å². The number of esters is 2. The van der Waals surface area contributed by atoms with Crippen molar-refractivity contribution in [1.82, 2.24) is 0 Å². The van der Waals surface area contributed by atoms with E-state index < -0.39 is 18.2 Å². The third-order valence-corrected chi connectivity index (χ3v) is 5.24. The Morgan fingerprint density at radius 3 is 2.67 bits per heavy atom. The number of rotatable bonds is 5. The molecule has 0 unspecified atom stereocenters. The van der Waals surface area contributed by atoms with Gasteiger partial charge in [0.25, 0.3) is 0 Å². The number of hydrogen-bond acceptors (Lipinski definition) is 6. The molecule has 0 bridgehead atoms. The minimum absolute atomic E-state index is 0.0383. The molecular formula is C19H18Cl2O6. The van der Waals surface area contributed by atoms with Crippen LogP contribution in [0.15, 0.2) is 41.7 Å². The summed E-state index contributed by atoms with van der Waals surface area (Å²) in [6.07, 6.45) is 3.35. The molecule has 1 aromatic rings. The number of allylic oxidation sites excluding steroid dienone is 1. The number of methoxy groups -OCH3 is 2. The van der Waals surface area contributed by atoms with Crippen LogP contribution in [0.2, 0.25) is 10.0 Å². The maximum atomic E-state index is 12.3. The number of fused-ring (bicyclic) bond motifs is 1. The van der Waals surface area contributed by atoms with Gasteiger partial charge in [0.05, 0.1) is 35.4 Å².